The van der Waals surface area contributed by atoms with Crippen molar-refractivity contribution in [2.24, 2.45) is 5.92 Å². The Morgan fingerprint density at radius 1 is 1.22 bits per heavy atom. The van der Waals surface area contributed by atoms with Crippen LogP contribution >= 0.6 is 0 Å². The number of rotatable bonds is 3. The van der Waals surface area contributed by atoms with Crippen LogP contribution in [0.1, 0.15) is 20.8 Å². The Labute approximate surface area is 57.3 Å². The highest BCUT2D eigenvalue weighted by Gasteiger charge is 2.15. The molecule has 0 aliphatic carbocycles. The van der Waals surface area contributed by atoms with Gasteiger partial charge < -0.3 is 10.4 Å². The number of aliphatic hydroxyl groups is 1. The molecule has 0 aliphatic heterocycles. The van der Waals surface area contributed by atoms with E-state index in [1.54, 1.807) is 6.92 Å². The van der Waals surface area contributed by atoms with E-state index < -0.39 is 0 Å². The summed E-state index contributed by atoms with van der Waals surface area (Å²) in [6, 6.07) is 0.227. The van der Waals surface area contributed by atoms with Gasteiger partial charge in [-0.2, -0.15) is 0 Å². The molecule has 2 nitrogen and oxygen atoms in total. The lowest BCUT2D eigenvalue weighted by Crippen LogP contribution is -2.39. The number of hydrogen-bond donors (Lipinski definition) is 2. The van der Waals surface area contributed by atoms with Gasteiger partial charge in [0.15, 0.2) is 0 Å². The van der Waals surface area contributed by atoms with Crippen LogP contribution in [0.15, 0.2) is 0 Å². The van der Waals surface area contributed by atoms with Gasteiger partial charge in [-0.1, -0.05) is 13.8 Å². The molecule has 0 spiro atoms. The summed E-state index contributed by atoms with van der Waals surface area (Å²) >= 11 is 0. The number of likely N-dealkylation sites (N-methyl/N-ethyl adjacent to an activating group) is 1. The van der Waals surface area contributed by atoms with Crippen molar-refractivity contribution in [3.8, 4) is 0 Å². The van der Waals surface area contributed by atoms with Gasteiger partial charge in [0.25, 0.3) is 0 Å². The summed E-state index contributed by atoms with van der Waals surface area (Å²) in [5, 5.41) is 12.2. The molecule has 9 heavy (non-hydrogen) atoms. The van der Waals surface area contributed by atoms with Crippen LogP contribution in [0.3, 0.4) is 0 Å². The summed E-state index contributed by atoms with van der Waals surface area (Å²) in [4.78, 5) is 0. The molecule has 56 valence electrons. The van der Waals surface area contributed by atoms with Crippen LogP contribution in [0.5, 0.6) is 0 Å². The minimum Gasteiger partial charge on any atom is -0.392 e. The summed E-state index contributed by atoms with van der Waals surface area (Å²) in [6.07, 6.45) is -0.255. The predicted octanol–water partition coefficient (Wildman–Crippen LogP) is 0.611. The van der Waals surface area contributed by atoms with Crippen molar-refractivity contribution in [1.29, 1.82) is 0 Å². The zero-order chi connectivity index (χ0) is 7.44. The number of aliphatic hydroxyl groups excluding tert-OH is 1. The van der Waals surface area contributed by atoms with Crippen LogP contribution < -0.4 is 5.32 Å². The molecule has 0 fully saturated rings. The van der Waals surface area contributed by atoms with Crippen LogP contribution in [0.25, 0.3) is 0 Å². The maximum absolute atomic E-state index is 9.12. The van der Waals surface area contributed by atoms with E-state index in [1.165, 1.54) is 0 Å². The molecule has 0 saturated carbocycles. The molecule has 0 aromatic carbocycles. The Bertz CT molecular complexity index is 63.3. The Morgan fingerprint density at radius 2 is 1.67 bits per heavy atom. The monoisotopic (exact) mass is 131 g/mol. The smallest absolute Gasteiger partial charge is 0.0667 e. The Balaban J connectivity index is 3.68. The first kappa shape index (κ1) is 8.92. The van der Waals surface area contributed by atoms with Gasteiger partial charge in [-0.15, -0.1) is 0 Å². The molecule has 0 amide bonds. The lowest BCUT2D eigenvalue weighted by molar-refractivity contribution is 0.126. The van der Waals surface area contributed by atoms with Crippen molar-refractivity contribution < 1.29 is 5.11 Å². The molecule has 2 heteroatoms. The van der Waals surface area contributed by atoms with Crippen molar-refractivity contribution in [3.05, 3.63) is 0 Å². The molecule has 0 bridgehead atoms. The lowest BCUT2D eigenvalue weighted by Gasteiger charge is -2.22. The first-order valence-electron chi connectivity index (χ1n) is 3.45. The lowest BCUT2D eigenvalue weighted by atomic mass is 10.0. The van der Waals surface area contributed by atoms with Gasteiger partial charge in [-0.3, -0.25) is 0 Å². The van der Waals surface area contributed by atoms with Gasteiger partial charge in [0.1, 0.15) is 0 Å². The van der Waals surface area contributed by atoms with E-state index >= 15 is 0 Å². The minimum atomic E-state index is -0.255. The molecule has 2 N–H and O–H groups in total. The fourth-order valence-corrected chi connectivity index (χ4v) is 1.13. The Kier molecular flexibility index (Phi) is 3.82. The fraction of sp³-hybridized carbons (Fsp3) is 1.00. The van der Waals surface area contributed by atoms with E-state index in [9.17, 15) is 0 Å². The third-order valence-electron chi connectivity index (χ3n) is 1.57. The highest BCUT2D eigenvalue weighted by atomic mass is 16.3. The molecule has 1 unspecified atom stereocenters. The zero-order valence-electron chi connectivity index (χ0n) is 6.68. The van der Waals surface area contributed by atoms with Crippen LogP contribution in [-0.2, 0) is 0 Å². The van der Waals surface area contributed by atoms with Gasteiger partial charge in [0.2, 0.25) is 0 Å². The average molecular weight is 131 g/mol. The second-order valence-corrected chi connectivity index (χ2v) is 2.80. The van der Waals surface area contributed by atoms with Crippen molar-refractivity contribution in [1.82, 2.24) is 5.32 Å². The third-order valence-corrected chi connectivity index (χ3v) is 1.57. The quantitative estimate of drug-likeness (QED) is 0.588. The van der Waals surface area contributed by atoms with E-state index in [4.69, 9.17) is 5.11 Å². The summed E-state index contributed by atoms with van der Waals surface area (Å²) in [6.45, 7) is 5.99. The molecule has 0 aliphatic rings. The van der Waals surface area contributed by atoms with Crippen molar-refractivity contribution >= 4 is 0 Å². The maximum Gasteiger partial charge on any atom is 0.0667 e. The van der Waals surface area contributed by atoms with Gasteiger partial charge in [-0.05, 0) is 19.9 Å². The van der Waals surface area contributed by atoms with E-state index in [-0.39, 0.29) is 12.1 Å². The molecule has 0 radical (unpaired) electrons. The van der Waals surface area contributed by atoms with Gasteiger partial charge >= 0.3 is 0 Å². The molecule has 0 rings (SSSR count). The van der Waals surface area contributed by atoms with Crippen LogP contribution in [-0.4, -0.2) is 24.3 Å². The Morgan fingerprint density at radius 3 is 1.67 bits per heavy atom. The molecule has 0 heterocycles. The second-order valence-electron chi connectivity index (χ2n) is 2.80. The summed E-state index contributed by atoms with van der Waals surface area (Å²) < 4.78 is 0. The normalized spacial score (nSPS) is 18.0. The van der Waals surface area contributed by atoms with Crippen LogP contribution in [0.4, 0.5) is 0 Å². The van der Waals surface area contributed by atoms with Gasteiger partial charge in [0, 0.05) is 6.04 Å². The molecular weight excluding hydrogens is 114 g/mol. The van der Waals surface area contributed by atoms with E-state index in [1.807, 2.05) is 7.05 Å². The molecule has 0 aromatic rings. The topological polar surface area (TPSA) is 32.3 Å². The summed E-state index contributed by atoms with van der Waals surface area (Å²) in [5.41, 5.74) is 0. The van der Waals surface area contributed by atoms with E-state index in [2.05, 4.69) is 19.2 Å². The largest absolute Gasteiger partial charge is 0.392 e. The Hall–Kier alpha value is -0.0800. The highest BCUT2D eigenvalue weighted by Crippen LogP contribution is 2.04. The molecule has 2 atom stereocenters. The number of hydrogen-bond acceptors (Lipinski definition) is 2. The summed E-state index contributed by atoms with van der Waals surface area (Å²) in [7, 11) is 1.87. The van der Waals surface area contributed by atoms with Gasteiger partial charge in [-0.25, -0.2) is 0 Å². The summed E-state index contributed by atoms with van der Waals surface area (Å²) in [5.74, 6) is 0.495. The molecule has 0 aromatic heterocycles. The van der Waals surface area contributed by atoms with Crippen molar-refractivity contribution in [3.63, 3.8) is 0 Å². The first-order valence-corrected chi connectivity index (χ1v) is 3.45. The minimum absolute atomic E-state index is 0.227. The van der Waals surface area contributed by atoms with Crippen LogP contribution in [0, 0.1) is 5.92 Å². The average Bonchev–Trinajstić information content (AvgIpc) is 1.64. The number of nitrogens with one attached hydrogen (secondary N) is 1. The fourth-order valence-electron chi connectivity index (χ4n) is 1.13. The van der Waals surface area contributed by atoms with Gasteiger partial charge in [0.05, 0.1) is 6.10 Å². The first-order chi connectivity index (χ1) is 4.09. The van der Waals surface area contributed by atoms with Crippen molar-refractivity contribution in [2.45, 2.75) is 32.9 Å². The molecular formula is C7H17NO. The second kappa shape index (κ2) is 3.85. The predicted molar refractivity (Wildman–Crippen MR) is 39.4 cm³/mol. The zero-order valence-corrected chi connectivity index (χ0v) is 6.68. The SMILES string of the molecule is CN[C@@H](C(C)C)C(C)O. The standard InChI is InChI=1S/C7H17NO/c1-5(2)7(8-4)6(3)9/h5-9H,1-4H3/t6?,7-/m0/s1. The van der Waals surface area contributed by atoms with E-state index in [0.717, 1.165) is 0 Å². The maximum atomic E-state index is 9.12. The van der Waals surface area contributed by atoms with Crippen LogP contribution in [0.2, 0.25) is 0 Å². The highest BCUT2D eigenvalue weighted by molar-refractivity contribution is 4.73. The third kappa shape index (κ3) is 2.82. The van der Waals surface area contributed by atoms with E-state index in [0.29, 0.717) is 5.92 Å². The van der Waals surface area contributed by atoms with Crippen molar-refractivity contribution in [2.75, 3.05) is 7.05 Å². The molecule has 0 saturated heterocycles.